The Morgan fingerprint density at radius 1 is 1.06 bits per heavy atom. The fourth-order valence-corrected chi connectivity index (χ4v) is 2.61. The van der Waals surface area contributed by atoms with Crippen molar-refractivity contribution in [2.24, 2.45) is 5.92 Å². The van der Waals surface area contributed by atoms with Gasteiger partial charge in [-0.2, -0.15) is 0 Å². The van der Waals surface area contributed by atoms with Crippen LogP contribution in [0.5, 0.6) is 0 Å². The van der Waals surface area contributed by atoms with Crippen LogP contribution in [0.15, 0.2) is 0 Å². The van der Waals surface area contributed by atoms with E-state index in [1.807, 2.05) is 0 Å². The SMILES string of the molecule is CCCCCCCCOC1CCC(C(=O)O)CC1. The number of rotatable bonds is 9. The molecule has 0 aromatic heterocycles. The highest BCUT2D eigenvalue weighted by Gasteiger charge is 2.25. The van der Waals surface area contributed by atoms with E-state index < -0.39 is 5.97 Å². The molecule has 0 aliphatic heterocycles. The normalized spacial score (nSPS) is 24.1. The largest absolute Gasteiger partial charge is 0.481 e. The highest BCUT2D eigenvalue weighted by atomic mass is 16.5. The van der Waals surface area contributed by atoms with Crippen molar-refractivity contribution in [3.05, 3.63) is 0 Å². The highest BCUT2D eigenvalue weighted by Crippen LogP contribution is 2.26. The van der Waals surface area contributed by atoms with Crippen LogP contribution in [0.4, 0.5) is 0 Å². The molecule has 0 saturated heterocycles. The fraction of sp³-hybridized carbons (Fsp3) is 0.933. The predicted octanol–water partition coefficient (Wildman–Crippen LogP) is 4.01. The highest BCUT2D eigenvalue weighted by molar-refractivity contribution is 5.69. The van der Waals surface area contributed by atoms with Crippen LogP contribution >= 0.6 is 0 Å². The molecular formula is C15H28O3. The average molecular weight is 256 g/mol. The maximum Gasteiger partial charge on any atom is 0.306 e. The molecule has 0 unspecified atom stereocenters. The van der Waals surface area contributed by atoms with Crippen molar-refractivity contribution in [2.75, 3.05) is 6.61 Å². The van der Waals surface area contributed by atoms with E-state index in [0.29, 0.717) is 6.10 Å². The van der Waals surface area contributed by atoms with Gasteiger partial charge in [0.25, 0.3) is 0 Å². The summed E-state index contributed by atoms with van der Waals surface area (Å²) < 4.78 is 5.82. The molecule has 0 aromatic carbocycles. The van der Waals surface area contributed by atoms with Crippen molar-refractivity contribution < 1.29 is 14.6 Å². The minimum atomic E-state index is -0.635. The van der Waals surface area contributed by atoms with Gasteiger partial charge < -0.3 is 9.84 Å². The zero-order valence-electron chi connectivity index (χ0n) is 11.7. The van der Waals surface area contributed by atoms with E-state index in [0.717, 1.165) is 38.7 Å². The lowest BCUT2D eigenvalue weighted by Crippen LogP contribution is -2.26. The van der Waals surface area contributed by atoms with Crippen LogP contribution in [0.25, 0.3) is 0 Å². The first-order valence-corrected chi connectivity index (χ1v) is 7.58. The van der Waals surface area contributed by atoms with Crippen LogP contribution in [0.2, 0.25) is 0 Å². The van der Waals surface area contributed by atoms with E-state index in [1.54, 1.807) is 0 Å². The number of aliphatic carboxylic acids is 1. The fourth-order valence-electron chi connectivity index (χ4n) is 2.61. The predicted molar refractivity (Wildman–Crippen MR) is 72.7 cm³/mol. The summed E-state index contributed by atoms with van der Waals surface area (Å²) >= 11 is 0. The van der Waals surface area contributed by atoms with Crippen molar-refractivity contribution in [1.29, 1.82) is 0 Å². The summed E-state index contributed by atoms with van der Waals surface area (Å²) in [5.41, 5.74) is 0. The smallest absolute Gasteiger partial charge is 0.306 e. The van der Waals surface area contributed by atoms with Crippen molar-refractivity contribution in [2.45, 2.75) is 77.2 Å². The molecule has 1 N–H and O–H groups in total. The molecule has 0 aromatic rings. The molecule has 0 heterocycles. The van der Waals surface area contributed by atoms with Crippen LogP contribution in [0.1, 0.15) is 71.1 Å². The third kappa shape index (κ3) is 6.39. The molecule has 3 heteroatoms. The van der Waals surface area contributed by atoms with Gasteiger partial charge in [0, 0.05) is 6.61 Å². The van der Waals surface area contributed by atoms with Gasteiger partial charge in [-0.15, -0.1) is 0 Å². The number of hydrogen-bond donors (Lipinski definition) is 1. The molecule has 0 bridgehead atoms. The lowest BCUT2D eigenvalue weighted by atomic mass is 9.87. The maximum absolute atomic E-state index is 10.8. The number of carboxylic acid groups (broad SMARTS) is 1. The Kier molecular flexibility index (Phi) is 8.06. The second kappa shape index (κ2) is 9.37. The molecule has 3 nitrogen and oxygen atoms in total. The Bertz CT molecular complexity index is 220. The monoisotopic (exact) mass is 256 g/mol. The Labute approximate surface area is 111 Å². The second-order valence-corrected chi connectivity index (χ2v) is 5.45. The third-order valence-corrected chi connectivity index (χ3v) is 3.87. The first-order valence-electron chi connectivity index (χ1n) is 7.58. The number of carboxylic acids is 1. The second-order valence-electron chi connectivity index (χ2n) is 5.45. The molecule has 0 amide bonds. The van der Waals surface area contributed by atoms with Crippen molar-refractivity contribution in [1.82, 2.24) is 0 Å². The van der Waals surface area contributed by atoms with Gasteiger partial charge in [-0.05, 0) is 32.1 Å². The molecule has 0 spiro atoms. The Morgan fingerprint density at radius 2 is 1.67 bits per heavy atom. The van der Waals surface area contributed by atoms with Gasteiger partial charge in [0.15, 0.2) is 0 Å². The van der Waals surface area contributed by atoms with Crippen LogP contribution in [-0.2, 0) is 9.53 Å². The zero-order valence-corrected chi connectivity index (χ0v) is 11.7. The van der Waals surface area contributed by atoms with Gasteiger partial charge in [0.05, 0.1) is 12.0 Å². The molecule has 106 valence electrons. The molecule has 1 aliphatic carbocycles. The van der Waals surface area contributed by atoms with E-state index in [-0.39, 0.29) is 5.92 Å². The van der Waals surface area contributed by atoms with E-state index in [1.165, 1.54) is 32.1 Å². The molecule has 1 rings (SSSR count). The molecule has 0 radical (unpaired) electrons. The van der Waals surface area contributed by atoms with E-state index in [4.69, 9.17) is 9.84 Å². The molecule has 0 atom stereocenters. The molecular weight excluding hydrogens is 228 g/mol. The first kappa shape index (κ1) is 15.5. The van der Waals surface area contributed by atoms with Gasteiger partial charge in [-0.1, -0.05) is 39.0 Å². The van der Waals surface area contributed by atoms with Gasteiger partial charge in [0.1, 0.15) is 0 Å². The minimum Gasteiger partial charge on any atom is -0.481 e. The number of ether oxygens (including phenoxy) is 1. The topological polar surface area (TPSA) is 46.5 Å². The summed E-state index contributed by atoms with van der Waals surface area (Å²) in [6.07, 6.45) is 11.5. The quantitative estimate of drug-likeness (QED) is 0.634. The first-order chi connectivity index (χ1) is 8.74. The van der Waals surface area contributed by atoms with Crippen molar-refractivity contribution in [3.8, 4) is 0 Å². The van der Waals surface area contributed by atoms with E-state index in [9.17, 15) is 4.79 Å². The number of unbranched alkanes of at least 4 members (excludes halogenated alkanes) is 5. The summed E-state index contributed by atoms with van der Waals surface area (Å²) in [6.45, 7) is 3.09. The third-order valence-electron chi connectivity index (χ3n) is 3.87. The van der Waals surface area contributed by atoms with E-state index >= 15 is 0 Å². The van der Waals surface area contributed by atoms with E-state index in [2.05, 4.69) is 6.92 Å². The zero-order chi connectivity index (χ0) is 13.2. The Balaban J connectivity index is 1.93. The van der Waals surface area contributed by atoms with Crippen LogP contribution in [0, 0.1) is 5.92 Å². The summed E-state index contributed by atoms with van der Waals surface area (Å²) in [7, 11) is 0. The van der Waals surface area contributed by atoms with Gasteiger partial charge in [-0.3, -0.25) is 4.79 Å². The molecule has 18 heavy (non-hydrogen) atoms. The summed E-state index contributed by atoms with van der Waals surface area (Å²) in [5.74, 6) is -0.761. The standard InChI is InChI=1S/C15H28O3/c1-2-3-4-5-6-7-12-18-14-10-8-13(9-11-14)15(16)17/h13-14H,2-12H2,1H3,(H,16,17). The van der Waals surface area contributed by atoms with Gasteiger partial charge >= 0.3 is 5.97 Å². The Morgan fingerprint density at radius 3 is 2.28 bits per heavy atom. The van der Waals surface area contributed by atoms with Gasteiger partial charge in [-0.25, -0.2) is 0 Å². The molecule has 1 aliphatic rings. The van der Waals surface area contributed by atoms with Crippen LogP contribution < -0.4 is 0 Å². The summed E-state index contributed by atoms with van der Waals surface area (Å²) in [4.78, 5) is 10.8. The van der Waals surface area contributed by atoms with Crippen molar-refractivity contribution in [3.63, 3.8) is 0 Å². The van der Waals surface area contributed by atoms with Gasteiger partial charge in [0.2, 0.25) is 0 Å². The molecule has 1 saturated carbocycles. The Hall–Kier alpha value is -0.570. The summed E-state index contributed by atoms with van der Waals surface area (Å²) in [6, 6.07) is 0. The number of hydrogen-bond acceptors (Lipinski definition) is 2. The van der Waals surface area contributed by atoms with Crippen molar-refractivity contribution >= 4 is 5.97 Å². The summed E-state index contributed by atoms with van der Waals surface area (Å²) in [5, 5.41) is 8.90. The lowest BCUT2D eigenvalue weighted by molar-refractivity contribution is -0.143. The molecule has 1 fully saturated rings. The van der Waals surface area contributed by atoms with Crippen LogP contribution in [-0.4, -0.2) is 23.8 Å². The lowest BCUT2D eigenvalue weighted by Gasteiger charge is -2.26. The minimum absolute atomic E-state index is 0.126. The maximum atomic E-state index is 10.8. The van der Waals surface area contributed by atoms with Crippen LogP contribution in [0.3, 0.4) is 0 Å². The average Bonchev–Trinajstić information content (AvgIpc) is 2.38. The number of carbonyl (C=O) groups is 1.